The Morgan fingerprint density at radius 3 is 2.64 bits per heavy atom. The molecular formula is C24H36IN7O. The first-order valence-electron chi connectivity index (χ1n) is 12.2. The largest absolute Gasteiger partial charge is 0.370 e. The summed E-state index contributed by atoms with van der Waals surface area (Å²) in [7, 11) is 0. The maximum Gasteiger partial charge on any atom is 0.294 e. The molecule has 1 saturated carbocycles. The number of aliphatic imine (C=N–C) groups is 1. The summed E-state index contributed by atoms with van der Waals surface area (Å²) in [6, 6.07) is 8.79. The molecule has 4 rings (SSSR count). The molecule has 1 aliphatic carbocycles. The van der Waals surface area contributed by atoms with Crippen LogP contribution in [0.25, 0.3) is 11.0 Å². The molecule has 1 aromatic heterocycles. The topological polar surface area (TPSA) is 115 Å². The summed E-state index contributed by atoms with van der Waals surface area (Å²) >= 11 is 2.65. The van der Waals surface area contributed by atoms with E-state index >= 15 is 0 Å². The number of aromatic nitrogens is 2. The summed E-state index contributed by atoms with van der Waals surface area (Å²) in [6.07, 6.45) is 10.0. The molecule has 0 radical (unpaired) electrons. The van der Waals surface area contributed by atoms with Crippen molar-refractivity contribution in [2.75, 3.05) is 31.5 Å². The Kier molecular flexibility index (Phi) is 8.45. The van der Waals surface area contributed by atoms with E-state index in [1.54, 1.807) is 0 Å². The van der Waals surface area contributed by atoms with Crippen molar-refractivity contribution >= 4 is 45.4 Å². The number of halogens is 1. The zero-order valence-corrected chi connectivity index (χ0v) is 21.4. The van der Waals surface area contributed by atoms with Crippen LogP contribution in [0.3, 0.4) is 0 Å². The molecule has 1 aromatic carbocycles. The van der Waals surface area contributed by atoms with Crippen LogP contribution >= 0.6 is 22.6 Å². The number of nitrogens with zero attached hydrogens (tertiary/aromatic N) is 4. The molecule has 0 bridgehead atoms. The Hall–Kier alpha value is -1.88. The molecule has 180 valence electrons. The lowest BCUT2D eigenvalue weighted by atomic mass is 9.93. The first-order valence-corrected chi connectivity index (χ1v) is 13.5. The van der Waals surface area contributed by atoms with Gasteiger partial charge in [0, 0.05) is 35.6 Å². The number of hydrogen-bond donors (Lipinski definition) is 3. The standard InChI is InChI=1S/C24H36IN7O/c25-17-6-2-1-3-7-19(16-17)31-14-10-18(11-15-31)32-21-9-5-4-8-20(21)30-22(23(32)33)28-12-13-29-24(26)27/h4-5,8-9,17-19H,1-3,6-7,10-16H2,(H,28,30)(H4,26,27,29). The molecule has 1 saturated heterocycles. The van der Waals surface area contributed by atoms with E-state index in [0.29, 0.717) is 24.9 Å². The van der Waals surface area contributed by atoms with Crippen molar-refractivity contribution in [2.24, 2.45) is 16.5 Å². The van der Waals surface area contributed by atoms with Crippen molar-refractivity contribution < 1.29 is 0 Å². The molecule has 5 N–H and O–H groups in total. The number of alkyl halides is 1. The summed E-state index contributed by atoms with van der Waals surface area (Å²) < 4.78 is 2.76. The number of piperidine rings is 1. The van der Waals surface area contributed by atoms with E-state index in [1.807, 2.05) is 28.8 Å². The number of para-hydroxylation sites is 2. The van der Waals surface area contributed by atoms with Crippen LogP contribution in [-0.4, -0.2) is 56.6 Å². The van der Waals surface area contributed by atoms with Crippen LogP contribution in [-0.2, 0) is 0 Å². The van der Waals surface area contributed by atoms with Crippen LogP contribution < -0.4 is 22.3 Å². The van der Waals surface area contributed by atoms with E-state index in [2.05, 4.69) is 42.8 Å². The highest BCUT2D eigenvalue weighted by molar-refractivity contribution is 14.1. The van der Waals surface area contributed by atoms with Gasteiger partial charge in [-0.3, -0.25) is 9.79 Å². The van der Waals surface area contributed by atoms with Crippen molar-refractivity contribution in [3.63, 3.8) is 0 Å². The van der Waals surface area contributed by atoms with Crippen LogP contribution in [0, 0.1) is 0 Å². The van der Waals surface area contributed by atoms with Gasteiger partial charge >= 0.3 is 0 Å². The molecule has 2 aromatic rings. The molecule has 1 aliphatic heterocycles. The summed E-state index contributed by atoms with van der Waals surface area (Å²) in [5.41, 5.74) is 12.5. The zero-order valence-electron chi connectivity index (χ0n) is 19.3. The number of fused-ring (bicyclic) bond motifs is 1. The van der Waals surface area contributed by atoms with Gasteiger partial charge < -0.3 is 26.3 Å². The van der Waals surface area contributed by atoms with E-state index in [0.717, 1.165) is 40.9 Å². The number of likely N-dealkylation sites (tertiary alicyclic amines) is 1. The Morgan fingerprint density at radius 2 is 1.85 bits per heavy atom. The molecule has 8 nitrogen and oxygen atoms in total. The number of rotatable bonds is 6. The predicted octanol–water partition coefficient (Wildman–Crippen LogP) is 3.25. The van der Waals surface area contributed by atoms with Gasteiger partial charge in [0.2, 0.25) is 0 Å². The minimum absolute atomic E-state index is 0.0469. The van der Waals surface area contributed by atoms with Crippen molar-refractivity contribution in [1.29, 1.82) is 0 Å². The van der Waals surface area contributed by atoms with E-state index in [9.17, 15) is 4.79 Å². The van der Waals surface area contributed by atoms with E-state index in [1.165, 1.54) is 38.5 Å². The molecule has 9 heteroatoms. The van der Waals surface area contributed by atoms with E-state index < -0.39 is 0 Å². The van der Waals surface area contributed by atoms with Crippen molar-refractivity contribution in [2.45, 2.75) is 67.4 Å². The van der Waals surface area contributed by atoms with Gasteiger partial charge in [0.1, 0.15) is 0 Å². The van der Waals surface area contributed by atoms with Crippen LogP contribution in [0.5, 0.6) is 0 Å². The maximum atomic E-state index is 13.5. The summed E-state index contributed by atoms with van der Waals surface area (Å²) in [4.78, 5) is 24.7. The lowest BCUT2D eigenvalue weighted by molar-refractivity contribution is 0.118. The molecule has 2 unspecified atom stereocenters. The highest BCUT2D eigenvalue weighted by Crippen LogP contribution is 2.31. The number of benzene rings is 1. The monoisotopic (exact) mass is 565 g/mol. The molecule has 33 heavy (non-hydrogen) atoms. The summed E-state index contributed by atoms with van der Waals surface area (Å²) in [6.45, 7) is 2.95. The highest BCUT2D eigenvalue weighted by Gasteiger charge is 2.29. The summed E-state index contributed by atoms with van der Waals surface area (Å²) in [5, 5.41) is 3.14. The van der Waals surface area contributed by atoms with Crippen molar-refractivity contribution in [3.8, 4) is 0 Å². The molecule has 0 amide bonds. The third-order valence-electron chi connectivity index (χ3n) is 6.96. The SMILES string of the molecule is NC(N)=NCCNc1nc2ccccc2n(C2CCN(C3CCCCCC(I)C3)CC2)c1=O. The van der Waals surface area contributed by atoms with Crippen LogP contribution in [0.2, 0.25) is 0 Å². The van der Waals surface area contributed by atoms with E-state index in [-0.39, 0.29) is 17.6 Å². The number of guanidine groups is 1. The second kappa shape index (κ2) is 11.5. The number of nitrogens with two attached hydrogens (primary N) is 2. The van der Waals surface area contributed by atoms with E-state index in [4.69, 9.17) is 11.5 Å². The Bertz CT molecular complexity index is 1010. The van der Waals surface area contributed by atoms with Gasteiger partial charge in [-0.25, -0.2) is 4.98 Å². The molecular weight excluding hydrogens is 529 g/mol. The van der Waals surface area contributed by atoms with Gasteiger partial charge in [-0.2, -0.15) is 0 Å². The molecule has 0 spiro atoms. The first kappa shape index (κ1) is 24.3. The molecule has 2 heterocycles. The Balaban J connectivity index is 1.51. The second-order valence-corrected chi connectivity index (χ2v) is 11.0. The summed E-state index contributed by atoms with van der Waals surface area (Å²) in [5.74, 6) is 0.417. The van der Waals surface area contributed by atoms with Gasteiger partial charge in [0.05, 0.1) is 17.6 Å². The first-order chi connectivity index (χ1) is 16.0. The van der Waals surface area contributed by atoms with Gasteiger partial charge in [-0.1, -0.05) is 54.0 Å². The van der Waals surface area contributed by atoms with Crippen LogP contribution in [0.4, 0.5) is 5.82 Å². The lowest BCUT2D eigenvalue weighted by Gasteiger charge is -2.40. The zero-order chi connectivity index (χ0) is 23.2. The molecule has 2 aliphatic rings. The van der Waals surface area contributed by atoms with Gasteiger partial charge in [-0.05, 0) is 44.2 Å². The Morgan fingerprint density at radius 1 is 1.09 bits per heavy atom. The quantitative estimate of drug-likeness (QED) is 0.163. The molecule has 2 atom stereocenters. The van der Waals surface area contributed by atoms with Crippen LogP contribution in [0.15, 0.2) is 34.1 Å². The lowest BCUT2D eigenvalue weighted by Crippen LogP contribution is -2.44. The average Bonchev–Trinajstić information content (AvgIpc) is 2.79. The predicted molar refractivity (Wildman–Crippen MR) is 144 cm³/mol. The normalized spacial score (nSPS) is 23.1. The minimum Gasteiger partial charge on any atom is -0.370 e. The van der Waals surface area contributed by atoms with Crippen LogP contribution in [0.1, 0.15) is 57.4 Å². The van der Waals surface area contributed by atoms with Gasteiger partial charge in [0.15, 0.2) is 11.8 Å². The fourth-order valence-electron chi connectivity index (χ4n) is 5.29. The second-order valence-electron chi connectivity index (χ2n) is 9.25. The number of nitrogens with one attached hydrogen (secondary N) is 1. The Labute approximate surface area is 209 Å². The smallest absolute Gasteiger partial charge is 0.294 e. The number of anilines is 1. The number of hydrogen-bond acceptors (Lipinski definition) is 5. The average molecular weight is 566 g/mol. The van der Waals surface area contributed by atoms with Crippen molar-refractivity contribution in [1.82, 2.24) is 14.5 Å². The molecule has 2 fully saturated rings. The third kappa shape index (κ3) is 6.17. The van der Waals surface area contributed by atoms with Gasteiger partial charge in [0.25, 0.3) is 5.56 Å². The minimum atomic E-state index is -0.0601. The van der Waals surface area contributed by atoms with Crippen molar-refractivity contribution in [3.05, 3.63) is 34.6 Å². The van der Waals surface area contributed by atoms with Gasteiger partial charge in [-0.15, -0.1) is 0 Å². The fraction of sp³-hybridized carbons (Fsp3) is 0.625. The third-order valence-corrected chi connectivity index (χ3v) is 8.09. The fourth-order valence-corrected chi connectivity index (χ4v) is 6.31. The highest BCUT2D eigenvalue weighted by atomic mass is 127. The maximum absolute atomic E-state index is 13.5.